The predicted molar refractivity (Wildman–Crippen MR) is 120 cm³/mol. The number of carbonyl (C=O) groups is 2. The zero-order valence-electron chi connectivity index (χ0n) is 18.1. The van der Waals surface area contributed by atoms with E-state index < -0.39 is 0 Å². The Bertz CT molecular complexity index is 1040. The molecule has 1 aromatic heterocycles. The zero-order valence-corrected chi connectivity index (χ0v) is 18.1. The van der Waals surface area contributed by atoms with Crippen molar-refractivity contribution in [1.82, 2.24) is 15.2 Å². The van der Waals surface area contributed by atoms with E-state index in [1.807, 2.05) is 42.5 Å². The van der Waals surface area contributed by atoms with Crippen molar-refractivity contribution >= 4 is 11.8 Å². The molecule has 1 fully saturated rings. The van der Waals surface area contributed by atoms with E-state index in [9.17, 15) is 9.59 Å². The molecule has 1 aliphatic rings. The number of piperidine rings is 1. The molecule has 0 atom stereocenters. The maximum absolute atomic E-state index is 12.5. The van der Waals surface area contributed by atoms with Gasteiger partial charge in [0.05, 0.1) is 5.69 Å². The molecule has 7 heteroatoms. The summed E-state index contributed by atoms with van der Waals surface area (Å²) < 4.78 is 11.3. The third-order valence-electron chi connectivity index (χ3n) is 5.63. The highest BCUT2D eigenvalue weighted by Gasteiger charge is 2.27. The van der Waals surface area contributed by atoms with E-state index in [2.05, 4.69) is 10.3 Å². The first-order chi connectivity index (χ1) is 15.6. The molecular weight excluding hydrogens is 406 g/mol. The summed E-state index contributed by atoms with van der Waals surface area (Å²) in [6.07, 6.45) is 3.60. The summed E-state index contributed by atoms with van der Waals surface area (Å²) >= 11 is 0. The van der Waals surface area contributed by atoms with E-state index in [0.717, 1.165) is 25.0 Å². The highest BCUT2D eigenvalue weighted by Crippen LogP contribution is 2.21. The molecule has 2 amide bonds. The van der Waals surface area contributed by atoms with Gasteiger partial charge in [0.1, 0.15) is 11.9 Å². The molecule has 0 spiro atoms. The van der Waals surface area contributed by atoms with E-state index in [0.29, 0.717) is 36.7 Å². The Balaban J connectivity index is 1.22. The fraction of sp³-hybridized carbons (Fsp3) is 0.320. The Morgan fingerprint density at radius 3 is 2.47 bits per heavy atom. The van der Waals surface area contributed by atoms with Crippen LogP contribution < -0.4 is 10.1 Å². The first kappa shape index (κ1) is 21.6. The smallest absolute Gasteiger partial charge is 0.291 e. The van der Waals surface area contributed by atoms with Crippen molar-refractivity contribution < 1.29 is 18.7 Å². The number of amides is 2. The van der Waals surface area contributed by atoms with Crippen molar-refractivity contribution in [3.63, 3.8) is 0 Å². The van der Waals surface area contributed by atoms with Crippen molar-refractivity contribution in [2.45, 2.75) is 32.3 Å². The predicted octanol–water partition coefficient (Wildman–Crippen LogP) is 3.64. The Hall–Kier alpha value is -3.61. The van der Waals surface area contributed by atoms with Crippen LogP contribution in [0.4, 0.5) is 0 Å². The lowest BCUT2D eigenvalue weighted by molar-refractivity contribution is 0.0566. The van der Waals surface area contributed by atoms with Crippen LogP contribution >= 0.6 is 0 Å². The van der Waals surface area contributed by atoms with Crippen LogP contribution in [-0.2, 0) is 6.42 Å². The molecule has 7 nitrogen and oxygen atoms in total. The van der Waals surface area contributed by atoms with Gasteiger partial charge in [-0.1, -0.05) is 30.3 Å². The SMILES string of the molecule is Cc1ncoc1C(=O)N1CCC(Oc2ccc(C(=O)NCCc3ccccc3)cc2)CC1. The van der Waals surface area contributed by atoms with Gasteiger partial charge in [0.25, 0.3) is 11.8 Å². The van der Waals surface area contributed by atoms with E-state index >= 15 is 0 Å². The Labute approximate surface area is 187 Å². The number of nitrogens with zero attached hydrogens (tertiary/aromatic N) is 2. The van der Waals surface area contributed by atoms with Gasteiger partial charge in [0.15, 0.2) is 6.39 Å². The minimum Gasteiger partial charge on any atom is -0.490 e. The second-order valence-electron chi connectivity index (χ2n) is 7.89. The molecule has 0 saturated carbocycles. The Morgan fingerprint density at radius 1 is 1.09 bits per heavy atom. The molecule has 32 heavy (non-hydrogen) atoms. The Kier molecular flexibility index (Phi) is 6.84. The zero-order chi connectivity index (χ0) is 22.3. The topological polar surface area (TPSA) is 84.7 Å². The van der Waals surface area contributed by atoms with Crippen molar-refractivity contribution in [1.29, 1.82) is 0 Å². The molecule has 2 aromatic carbocycles. The second kappa shape index (κ2) is 10.1. The normalized spacial score (nSPS) is 14.2. The van der Waals surface area contributed by atoms with Crippen molar-refractivity contribution in [2.75, 3.05) is 19.6 Å². The average molecular weight is 434 g/mol. The number of rotatable bonds is 7. The second-order valence-corrected chi connectivity index (χ2v) is 7.89. The van der Waals surface area contributed by atoms with Crippen LogP contribution in [0.1, 0.15) is 45.0 Å². The summed E-state index contributed by atoms with van der Waals surface area (Å²) in [5.41, 5.74) is 2.41. The third-order valence-corrected chi connectivity index (χ3v) is 5.63. The van der Waals surface area contributed by atoms with Gasteiger partial charge in [0, 0.05) is 38.0 Å². The lowest BCUT2D eigenvalue weighted by atomic mass is 10.1. The van der Waals surface area contributed by atoms with Crippen LogP contribution in [0, 0.1) is 6.92 Å². The minimum absolute atomic E-state index is 0.0282. The molecule has 4 rings (SSSR count). The van der Waals surface area contributed by atoms with E-state index in [4.69, 9.17) is 9.15 Å². The van der Waals surface area contributed by atoms with Crippen LogP contribution in [0.5, 0.6) is 5.75 Å². The molecular formula is C25H27N3O4. The van der Waals surface area contributed by atoms with Crippen LogP contribution in [0.3, 0.4) is 0 Å². The van der Waals surface area contributed by atoms with Crippen molar-refractivity contribution in [2.24, 2.45) is 0 Å². The van der Waals surface area contributed by atoms with Crippen molar-refractivity contribution in [3.05, 3.63) is 83.6 Å². The summed E-state index contributed by atoms with van der Waals surface area (Å²) in [7, 11) is 0. The third kappa shape index (κ3) is 5.35. The lowest BCUT2D eigenvalue weighted by Crippen LogP contribution is -2.41. The van der Waals surface area contributed by atoms with Gasteiger partial charge in [-0.25, -0.2) is 4.98 Å². The number of ether oxygens (including phenoxy) is 1. The molecule has 0 aliphatic carbocycles. The summed E-state index contributed by atoms with van der Waals surface area (Å²) in [6.45, 7) is 3.56. The monoisotopic (exact) mass is 433 g/mol. The highest BCUT2D eigenvalue weighted by molar-refractivity contribution is 5.94. The molecule has 0 bridgehead atoms. The molecule has 2 heterocycles. The summed E-state index contributed by atoms with van der Waals surface area (Å²) in [5.74, 6) is 0.812. The van der Waals surface area contributed by atoms with Crippen molar-refractivity contribution in [3.8, 4) is 5.75 Å². The number of aromatic nitrogens is 1. The van der Waals surface area contributed by atoms with Crippen LogP contribution in [0.25, 0.3) is 0 Å². The molecule has 0 unspecified atom stereocenters. The lowest BCUT2D eigenvalue weighted by Gasteiger charge is -2.31. The average Bonchev–Trinajstić information content (AvgIpc) is 3.26. The van der Waals surface area contributed by atoms with Gasteiger partial charge in [-0.15, -0.1) is 0 Å². The van der Waals surface area contributed by atoms with Crippen LogP contribution in [0.15, 0.2) is 65.4 Å². The summed E-state index contributed by atoms with van der Waals surface area (Å²) in [6, 6.07) is 17.3. The van der Waals surface area contributed by atoms with Crippen LogP contribution in [-0.4, -0.2) is 47.4 Å². The van der Waals surface area contributed by atoms with Crippen LogP contribution in [0.2, 0.25) is 0 Å². The van der Waals surface area contributed by atoms with Gasteiger partial charge < -0.3 is 19.4 Å². The molecule has 166 valence electrons. The Morgan fingerprint density at radius 2 is 1.81 bits per heavy atom. The molecule has 1 aliphatic heterocycles. The largest absolute Gasteiger partial charge is 0.490 e. The number of aryl methyl sites for hydroxylation is 1. The molecule has 3 aromatic rings. The minimum atomic E-state index is -0.124. The number of hydrogen-bond donors (Lipinski definition) is 1. The first-order valence-electron chi connectivity index (χ1n) is 10.9. The molecule has 1 N–H and O–H groups in total. The number of oxazole rings is 1. The van der Waals surface area contributed by atoms with Gasteiger partial charge in [-0.2, -0.15) is 0 Å². The van der Waals surface area contributed by atoms with E-state index in [1.165, 1.54) is 12.0 Å². The summed E-state index contributed by atoms with van der Waals surface area (Å²) in [5, 5.41) is 2.95. The maximum atomic E-state index is 12.5. The standard InChI is InChI=1S/C25H27N3O4/c1-18-23(31-17-27-18)25(30)28-15-12-22(13-16-28)32-21-9-7-20(8-10-21)24(29)26-14-11-19-5-3-2-4-6-19/h2-10,17,22H,11-16H2,1H3,(H,26,29). The number of nitrogens with one attached hydrogen (secondary N) is 1. The first-order valence-corrected chi connectivity index (χ1v) is 10.9. The maximum Gasteiger partial charge on any atom is 0.291 e. The number of hydrogen-bond acceptors (Lipinski definition) is 5. The number of carbonyl (C=O) groups excluding carboxylic acids is 2. The van der Waals surface area contributed by atoms with Gasteiger partial charge >= 0.3 is 0 Å². The van der Waals surface area contributed by atoms with Gasteiger partial charge in [-0.05, 0) is 43.2 Å². The summed E-state index contributed by atoms with van der Waals surface area (Å²) in [4.78, 5) is 30.6. The van der Waals surface area contributed by atoms with Gasteiger partial charge in [-0.3, -0.25) is 9.59 Å². The fourth-order valence-corrected chi connectivity index (χ4v) is 3.77. The van der Waals surface area contributed by atoms with E-state index in [-0.39, 0.29) is 17.9 Å². The highest BCUT2D eigenvalue weighted by atomic mass is 16.5. The molecule has 1 saturated heterocycles. The quantitative estimate of drug-likeness (QED) is 0.615. The molecule has 0 radical (unpaired) electrons. The van der Waals surface area contributed by atoms with Gasteiger partial charge in [0.2, 0.25) is 5.76 Å². The fourth-order valence-electron chi connectivity index (χ4n) is 3.77. The number of likely N-dealkylation sites (tertiary alicyclic amines) is 1. The number of benzene rings is 2. The van der Waals surface area contributed by atoms with E-state index in [1.54, 1.807) is 24.0 Å².